The molecule has 4 aromatic rings. The summed E-state index contributed by atoms with van der Waals surface area (Å²) in [6.45, 7) is 8.84. The number of carbonyl (C=O) groups is 1. The third kappa shape index (κ3) is 5.37. The van der Waals surface area contributed by atoms with E-state index in [1.54, 1.807) is 32.9 Å². The van der Waals surface area contributed by atoms with Crippen molar-refractivity contribution in [3.8, 4) is 11.5 Å². The van der Waals surface area contributed by atoms with E-state index in [9.17, 15) is 24.2 Å². The normalized spacial score (nSPS) is 12.9. The molecule has 2 N–H and O–H groups in total. The Labute approximate surface area is 227 Å². The molecule has 0 spiro atoms. The molecule has 0 aliphatic rings. The zero-order valence-electron chi connectivity index (χ0n) is 21.7. The summed E-state index contributed by atoms with van der Waals surface area (Å²) in [5, 5.41) is 21.9. The molecule has 0 saturated carbocycles. The van der Waals surface area contributed by atoms with Gasteiger partial charge in [0.25, 0.3) is 0 Å². The number of hydrogen-bond acceptors (Lipinski definition) is 6. The molecule has 1 aromatic heterocycles. The van der Waals surface area contributed by atoms with Crippen LogP contribution in [0, 0.1) is 33.5 Å². The number of ether oxygens (including phenoxy) is 1. The summed E-state index contributed by atoms with van der Waals surface area (Å²) in [4.78, 5) is 26.6. The van der Waals surface area contributed by atoms with Crippen LogP contribution in [0.3, 0.4) is 0 Å². The Kier molecular flexibility index (Phi) is 7.76. The van der Waals surface area contributed by atoms with Crippen molar-refractivity contribution in [1.82, 2.24) is 0 Å². The molecule has 2 atom stereocenters. The van der Waals surface area contributed by atoms with E-state index in [1.807, 2.05) is 26.0 Å². The van der Waals surface area contributed by atoms with Crippen LogP contribution >= 0.6 is 15.9 Å². The summed E-state index contributed by atoms with van der Waals surface area (Å²) in [7, 11) is 0. The van der Waals surface area contributed by atoms with Gasteiger partial charge in [-0.1, -0.05) is 23.8 Å². The summed E-state index contributed by atoms with van der Waals surface area (Å²) in [5.74, 6) is -2.31. The van der Waals surface area contributed by atoms with Gasteiger partial charge in [-0.2, -0.15) is 0 Å². The second kappa shape index (κ2) is 10.7. The predicted molar refractivity (Wildman–Crippen MR) is 146 cm³/mol. The fourth-order valence-corrected chi connectivity index (χ4v) is 5.23. The number of aliphatic hydroxyl groups is 1. The first-order valence-electron chi connectivity index (χ1n) is 12.1. The van der Waals surface area contributed by atoms with Gasteiger partial charge in [-0.25, -0.2) is 9.18 Å². The minimum atomic E-state index is -1.01. The molecular weight excluding hydrogens is 555 g/mol. The molecule has 0 fully saturated rings. The minimum Gasteiger partial charge on any atom is -0.507 e. The molecular formula is C30H28BrFO6. The molecule has 38 heavy (non-hydrogen) atoms. The van der Waals surface area contributed by atoms with E-state index in [-0.39, 0.29) is 33.5 Å². The number of benzene rings is 3. The molecule has 0 saturated heterocycles. The number of carbonyl (C=O) groups excluding carboxylic acids is 1. The summed E-state index contributed by atoms with van der Waals surface area (Å²) in [5.41, 5.74) is 3.26. The Morgan fingerprint density at radius 3 is 2.37 bits per heavy atom. The van der Waals surface area contributed by atoms with Crippen LogP contribution in [-0.2, 0) is 4.79 Å². The monoisotopic (exact) mass is 582 g/mol. The summed E-state index contributed by atoms with van der Waals surface area (Å²) >= 11 is 3.16. The van der Waals surface area contributed by atoms with Crippen LogP contribution in [0.5, 0.6) is 11.5 Å². The number of halogens is 2. The molecule has 0 aliphatic heterocycles. The van der Waals surface area contributed by atoms with Gasteiger partial charge in [0.15, 0.2) is 0 Å². The molecule has 4 rings (SSSR count). The SMILES string of the molecule is Cc1cc(C)c(OC(=O)CC(c2ccc(F)c(Br)c2)c2c(O)c3cc(C)cc(C)c3oc2=O)c(C(C)O)c1. The van der Waals surface area contributed by atoms with Crippen LogP contribution in [0.1, 0.15) is 64.3 Å². The Bertz CT molecular complexity index is 1620. The predicted octanol–water partition coefficient (Wildman–Crippen LogP) is 6.81. The van der Waals surface area contributed by atoms with Crippen LogP contribution in [0.25, 0.3) is 11.0 Å². The molecule has 198 valence electrons. The molecule has 6 nitrogen and oxygen atoms in total. The van der Waals surface area contributed by atoms with Crippen molar-refractivity contribution in [3.05, 3.63) is 102 Å². The average Bonchev–Trinajstić information content (AvgIpc) is 2.82. The third-order valence-electron chi connectivity index (χ3n) is 6.52. The first kappa shape index (κ1) is 27.5. The average molecular weight is 583 g/mol. The molecule has 1 heterocycles. The maximum atomic E-state index is 14.1. The van der Waals surface area contributed by atoms with Crippen molar-refractivity contribution in [2.24, 2.45) is 0 Å². The van der Waals surface area contributed by atoms with Gasteiger partial charge < -0.3 is 19.4 Å². The molecule has 0 amide bonds. The van der Waals surface area contributed by atoms with E-state index in [2.05, 4.69) is 15.9 Å². The van der Waals surface area contributed by atoms with Crippen molar-refractivity contribution in [3.63, 3.8) is 0 Å². The second-order valence-electron chi connectivity index (χ2n) is 9.69. The van der Waals surface area contributed by atoms with Crippen molar-refractivity contribution in [1.29, 1.82) is 0 Å². The van der Waals surface area contributed by atoms with Crippen LogP contribution in [-0.4, -0.2) is 16.2 Å². The fraction of sp³-hybridized carbons (Fsp3) is 0.267. The highest BCUT2D eigenvalue weighted by molar-refractivity contribution is 9.10. The lowest BCUT2D eigenvalue weighted by Gasteiger charge is -2.20. The number of aliphatic hydroxyl groups excluding tert-OH is 1. The van der Waals surface area contributed by atoms with Crippen molar-refractivity contribution >= 4 is 32.9 Å². The van der Waals surface area contributed by atoms with E-state index in [1.165, 1.54) is 18.2 Å². The number of aryl methyl sites for hydroxylation is 4. The number of hydrogen-bond donors (Lipinski definition) is 2. The van der Waals surface area contributed by atoms with Gasteiger partial charge in [-0.3, -0.25) is 4.79 Å². The zero-order chi connectivity index (χ0) is 27.9. The van der Waals surface area contributed by atoms with Gasteiger partial charge in [0, 0.05) is 11.5 Å². The highest BCUT2D eigenvalue weighted by atomic mass is 79.9. The van der Waals surface area contributed by atoms with Crippen LogP contribution in [0.4, 0.5) is 4.39 Å². The largest absolute Gasteiger partial charge is 0.507 e. The van der Waals surface area contributed by atoms with Crippen molar-refractivity contribution in [2.75, 3.05) is 0 Å². The lowest BCUT2D eigenvalue weighted by atomic mass is 9.88. The quantitative estimate of drug-likeness (QED) is 0.147. The lowest BCUT2D eigenvalue weighted by Crippen LogP contribution is -2.21. The van der Waals surface area contributed by atoms with Crippen molar-refractivity contribution in [2.45, 2.75) is 53.1 Å². The van der Waals surface area contributed by atoms with Crippen LogP contribution in [0.2, 0.25) is 0 Å². The topological polar surface area (TPSA) is 97.0 Å². The van der Waals surface area contributed by atoms with E-state index in [4.69, 9.17) is 9.15 Å². The highest BCUT2D eigenvalue weighted by Gasteiger charge is 2.29. The maximum absolute atomic E-state index is 14.1. The smallest absolute Gasteiger partial charge is 0.343 e. The molecule has 2 unspecified atom stereocenters. The highest BCUT2D eigenvalue weighted by Crippen LogP contribution is 2.39. The van der Waals surface area contributed by atoms with E-state index in [0.29, 0.717) is 27.6 Å². The Balaban J connectivity index is 1.85. The summed E-state index contributed by atoms with van der Waals surface area (Å²) in [6, 6.07) is 11.2. The first-order valence-corrected chi connectivity index (χ1v) is 12.9. The van der Waals surface area contributed by atoms with Crippen molar-refractivity contribution < 1.29 is 28.6 Å². The fourth-order valence-electron chi connectivity index (χ4n) is 4.84. The summed E-state index contributed by atoms with van der Waals surface area (Å²) < 4.78 is 25.5. The van der Waals surface area contributed by atoms with Crippen LogP contribution < -0.4 is 10.4 Å². The molecule has 0 radical (unpaired) electrons. The van der Waals surface area contributed by atoms with E-state index >= 15 is 0 Å². The van der Waals surface area contributed by atoms with E-state index < -0.39 is 29.4 Å². The Morgan fingerprint density at radius 1 is 1.05 bits per heavy atom. The third-order valence-corrected chi connectivity index (χ3v) is 7.13. The van der Waals surface area contributed by atoms with Gasteiger partial charge in [0.05, 0.1) is 27.9 Å². The Morgan fingerprint density at radius 2 is 1.71 bits per heavy atom. The van der Waals surface area contributed by atoms with Gasteiger partial charge >= 0.3 is 11.6 Å². The zero-order valence-corrected chi connectivity index (χ0v) is 23.3. The number of aromatic hydroxyl groups is 1. The first-order chi connectivity index (χ1) is 17.9. The summed E-state index contributed by atoms with van der Waals surface area (Å²) in [6.07, 6.45) is -1.25. The number of fused-ring (bicyclic) bond motifs is 1. The molecule has 0 aliphatic carbocycles. The van der Waals surface area contributed by atoms with Gasteiger partial charge in [0.1, 0.15) is 22.9 Å². The Hall–Kier alpha value is -3.49. The van der Waals surface area contributed by atoms with Gasteiger partial charge in [-0.05, 0) is 97.1 Å². The van der Waals surface area contributed by atoms with Crippen LogP contribution in [0.15, 0.2) is 56.1 Å². The minimum absolute atomic E-state index is 0.130. The maximum Gasteiger partial charge on any atom is 0.343 e. The van der Waals surface area contributed by atoms with Gasteiger partial charge in [0.2, 0.25) is 0 Å². The number of esters is 1. The van der Waals surface area contributed by atoms with E-state index in [0.717, 1.165) is 11.1 Å². The van der Waals surface area contributed by atoms with Gasteiger partial charge in [-0.15, -0.1) is 0 Å². The molecule has 8 heteroatoms. The lowest BCUT2D eigenvalue weighted by molar-refractivity contribution is -0.134. The number of rotatable bonds is 6. The molecule has 0 bridgehead atoms. The standard InChI is InChI=1S/C30H28BrFO6/c1-14-8-16(3)28(20(10-14)18(5)33)37-25(34)13-21(19-6-7-24(32)23(31)12-19)26-27(35)22-11-15(2)9-17(4)29(22)38-30(26)36/h6-12,18,21,33,35H,13H2,1-5H3. The molecule has 3 aromatic carbocycles. The second-order valence-corrected chi connectivity index (χ2v) is 10.5.